The molecule has 16 nitrogen and oxygen atoms in total. The highest BCUT2D eigenvalue weighted by molar-refractivity contribution is 7.99. The second-order valence-electron chi connectivity index (χ2n) is 17.1. The number of piperazine rings is 1. The first-order valence-corrected chi connectivity index (χ1v) is 23.7. The van der Waals surface area contributed by atoms with Crippen LogP contribution < -0.4 is 15.8 Å². The van der Waals surface area contributed by atoms with Crippen molar-refractivity contribution in [2.45, 2.75) is 74.8 Å². The fourth-order valence-corrected chi connectivity index (χ4v) is 10.5. The number of thioether (sulfide) groups is 1. The Kier molecular flexibility index (Phi) is 13.5. The van der Waals surface area contributed by atoms with Crippen LogP contribution in [-0.2, 0) is 14.4 Å². The smallest absolute Gasteiger partial charge is 0.263 e. The number of benzene rings is 3. The molecule has 3 aromatic carbocycles. The minimum atomic E-state index is -0.967. The fraction of sp³-hybridized carbons (Fsp3) is 0.417. The number of nitrogens with two attached hydrogens (primary N) is 1. The molecule has 0 bridgehead atoms. The molecule has 2 aromatic heterocycles. The number of carbonyl (C=O) groups excluding carboxylic acids is 5. The highest BCUT2D eigenvalue weighted by Gasteiger charge is 2.45. The number of piperidine rings is 2. The van der Waals surface area contributed by atoms with Gasteiger partial charge in [-0.25, -0.2) is 14.6 Å². The van der Waals surface area contributed by atoms with Crippen LogP contribution >= 0.6 is 11.8 Å². The van der Waals surface area contributed by atoms with E-state index < -0.39 is 23.8 Å². The number of hydrogen-bond donors (Lipinski definition) is 2. The van der Waals surface area contributed by atoms with E-state index in [9.17, 15) is 24.0 Å². The molecular formula is C48H54N10O6S. The van der Waals surface area contributed by atoms with Crippen LogP contribution in [0.4, 0.5) is 5.82 Å². The summed E-state index contributed by atoms with van der Waals surface area (Å²) in [7, 11) is 0. The van der Waals surface area contributed by atoms with Crippen LogP contribution in [0, 0.1) is 0 Å². The zero-order chi connectivity index (χ0) is 44.9. The van der Waals surface area contributed by atoms with Gasteiger partial charge >= 0.3 is 0 Å². The van der Waals surface area contributed by atoms with Gasteiger partial charge in [-0.3, -0.25) is 34.2 Å². The van der Waals surface area contributed by atoms with E-state index in [0.717, 1.165) is 111 Å². The van der Waals surface area contributed by atoms with E-state index >= 15 is 0 Å². The predicted octanol–water partition coefficient (Wildman–Crippen LogP) is 5.79. The maximum atomic E-state index is 13.6. The molecule has 9 rings (SSSR count). The lowest BCUT2D eigenvalue weighted by Crippen LogP contribution is -2.54. The molecule has 4 aliphatic heterocycles. The maximum absolute atomic E-state index is 13.6. The Labute approximate surface area is 381 Å². The number of likely N-dealkylation sites (tertiary alicyclic amines) is 1. The van der Waals surface area contributed by atoms with Gasteiger partial charge in [-0.15, -0.1) is 11.8 Å². The molecule has 6 heterocycles. The Bertz CT molecular complexity index is 2560. The largest absolute Gasteiger partial charge is 0.457 e. The summed E-state index contributed by atoms with van der Waals surface area (Å²) in [6.45, 7) is 7.22. The summed E-state index contributed by atoms with van der Waals surface area (Å²) in [6, 6.07) is 21.7. The van der Waals surface area contributed by atoms with E-state index in [2.05, 4.69) is 25.1 Å². The van der Waals surface area contributed by atoms with Gasteiger partial charge in [0.1, 0.15) is 35.4 Å². The molecule has 0 aliphatic carbocycles. The number of para-hydroxylation sites is 1. The molecular weight excluding hydrogens is 845 g/mol. The Morgan fingerprint density at radius 2 is 1.55 bits per heavy atom. The molecule has 5 aromatic rings. The van der Waals surface area contributed by atoms with Crippen molar-refractivity contribution in [2.24, 2.45) is 0 Å². The quantitative estimate of drug-likeness (QED) is 0.0689. The second-order valence-corrected chi connectivity index (χ2v) is 18.3. The van der Waals surface area contributed by atoms with Gasteiger partial charge in [0.2, 0.25) is 17.7 Å². The van der Waals surface area contributed by atoms with Crippen LogP contribution in [0.15, 0.2) is 84.0 Å². The molecule has 0 radical (unpaired) electrons. The Morgan fingerprint density at radius 3 is 2.32 bits per heavy atom. The van der Waals surface area contributed by atoms with Crippen molar-refractivity contribution in [3.05, 3.63) is 90.3 Å². The van der Waals surface area contributed by atoms with Crippen LogP contribution in [0.1, 0.15) is 84.5 Å². The third kappa shape index (κ3) is 9.77. The number of aromatic nitrogens is 4. The summed E-state index contributed by atoms with van der Waals surface area (Å²) in [6.07, 6.45) is 7.90. The predicted molar refractivity (Wildman–Crippen MR) is 246 cm³/mol. The lowest BCUT2D eigenvalue weighted by Gasteiger charge is -2.35. The first kappa shape index (κ1) is 44.1. The van der Waals surface area contributed by atoms with Crippen LogP contribution in [-0.4, -0.2) is 133 Å². The van der Waals surface area contributed by atoms with Gasteiger partial charge in [0.05, 0.1) is 22.6 Å². The average molecular weight is 899 g/mol. The molecule has 0 spiro atoms. The standard InChI is InChI=1S/C48H54N10O6S/c49-44-42-43(32-16-18-35(19-17-32)64-34-11-3-1-4-12-34)53-58(45(42)51-31-50-44)33-10-8-24-56(30-33)40(60)15-9-23-55-27-25-54(26-28-55)22-5-2-6-29-65-38-14-7-13-36-41(38)48(63)57(47(36)62)37-20-21-39(59)52-46(37)61/h1,3-4,7,11-14,16-19,31,33,37H,2,5-6,8-10,15,20-30H2,(H2,49,50,51)(H,52,59,61)/t33-,37?/m1/s1. The van der Waals surface area contributed by atoms with Crippen molar-refractivity contribution in [3.63, 3.8) is 0 Å². The van der Waals surface area contributed by atoms with Gasteiger partial charge in [0, 0.05) is 62.6 Å². The molecule has 2 atom stereocenters. The van der Waals surface area contributed by atoms with Crippen LogP contribution in [0.25, 0.3) is 22.3 Å². The van der Waals surface area contributed by atoms with E-state index in [-0.39, 0.29) is 30.7 Å². The fourth-order valence-electron chi connectivity index (χ4n) is 9.39. The topological polar surface area (TPSA) is 189 Å². The molecule has 3 N–H and O–H groups in total. The third-order valence-electron chi connectivity index (χ3n) is 12.9. The molecule has 1 unspecified atom stereocenters. The number of anilines is 1. The van der Waals surface area contributed by atoms with Gasteiger partial charge < -0.3 is 25.2 Å². The van der Waals surface area contributed by atoms with Crippen molar-refractivity contribution in [3.8, 4) is 22.8 Å². The summed E-state index contributed by atoms with van der Waals surface area (Å²) in [5.41, 5.74) is 9.37. The maximum Gasteiger partial charge on any atom is 0.263 e. The molecule has 5 amide bonds. The number of nitrogens with zero attached hydrogens (tertiary/aromatic N) is 8. The van der Waals surface area contributed by atoms with Crippen molar-refractivity contribution < 1.29 is 28.7 Å². The number of amides is 5. The van der Waals surface area contributed by atoms with Gasteiger partial charge in [0.15, 0.2) is 5.65 Å². The van der Waals surface area contributed by atoms with E-state index in [1.165, 1.54) is 6.33 Å². The van der Waals surface area contributed by atoms with Crippen molar-refractivity contribution in [1.82, 2.24) is 44.7 Å². The zero-order valence-corrected chi connectivity index (χ0v) is 37.2. The number of nitrogen functional groups attached to an aromatic ring is 1. The Hall–Kier alpha value is -6.17. The Balaban J connectivity index is 0.689. The van der Waals surface area contributed by atoms with Gasteiger partial charge in [-0.1, -0.05) is 30.7 Å². The van der Waals surface area contributed by atoms with Gasteiger partial charge in [-0.2, -0.15) is 5.10 Å². The number of hydrogen-bond acceptors (Lipinski definition) is 13. The van der Waals surface area contributed by atoms with Crippen molar-refractivity contribution in [1.29, 1.82) is 0 Å². The average Bonchev–Trinajstić information content (AvgIpc) is 3.84. The number of unbranched alkanes of at least 4 members (excludes halogenated alkanes) is 2. The lowest BCUT2D eigenvalue weighted by molar-refractivity contribution is -0.136. The number of fused-ring (bicyclic) bond motifs is 2. The zero-order valence-electron chi connectivity index (χ0n) is 36.4. The molecule has 3 fully saturated rings. The van der Waals surface area contributed by atoms with Crippen LogP contribution in [0.2, 0.25) is 0 Å². The van der Waals surface area contributed by atoms with Crippen molar-refractivity contribution in [2.75, 3.05) is 63.8 Å². The Morgan fingerprint density at radius 1 is 0.800 bits per heavy atom. The summed E-state index contributed by atoms with van der Waals surface area (Å²) in [5.74, 6) is 0.906. The number of carbonyl (C=O) groups is 5. The van der Waals surface area contributed by atoms with E-state index in [1.807, 2.05) is 70.2 Å². The minimum absolute atomic E-state index is 0.0344. The molecule has 65 heavy (non-hydrogen) atoms. The number of rotatable bonds is 16. The monoisotopic (exact) mass is 898 g/mol. The number of imide groups is 2. The van der Waals surface area contributed by atoms with E-state index in [0.29, 0.717) is 52.4 Å². The van der Waals surface area contributed by atoms with Crippen LogP contribution in [0.3, 0.4) is 0 Å². The van der Waals surface area contributed by atoms with Gasteiger partial charge in [0.25, 0.3) is 11.8 Å². The SMILES string of the molecule is Nc1ncnc2c1c(-c1ccc(Oc3ccccc3)cc1)nn2[C@@H]1CCCN(C(=O)CCCN2CCN(CCCCCSc3cccc4c3C(=O)N(C3CCC(=O)NC3=O)C4=O)CC2)C1. The summed E-state index contributed by atoms with van der Waals surface area (Å²) < 4.78 is 7.94. The number of ether oxygens (including phenoxy) is 1. The first-order valence-electron chi connectivity index (χ1n) is 22.7. The van der Waals surface area contributed by atoms with Crippen LogP contribution in [0.5, 0.6) is 11.5 Å². The normalized spacial score (nSPS) is 19.5. The van der Waals surface area contributed by atoms with E-state index in [4.69, 9.17) is 15.6 Å². The molecule has 338 valence electrons. The highest BCUT2D eigenvalue weighted by atomic mass is 32.2. The molecule has 17 heteroatoms. The number of nitrogens with one attached hydrogen (secondary N) is 1. The first-order chi connectivity index (χ1) is 31.7. The second kappa shape index (κ2) is 19.9. The molecule has 3 saturated heterocycles. The minimum Gasteiger partial charge on any atom is -0.457 e. The van der Waals surface area contributed by atoms with Gasteiger partial charge in [-0.05, 0) is 106 Å². The highest BCUT2D eigenvalue weighted by Crippen LogP contribution is 2.37. The molecule has 0 saturated carbocycles. The third-order valence-corrected chi connectivity index (χ3v) is 14.0. The van der Waals surface area contributed by atoms with E-state index in [1.54, 1.807) is 23.9 Å². The summed E-state index contributed by atoms with van der Waals surface area (Å²) >= 11 is 1.57. The summed E-state index contributed by atoms with van der Waals surface area (Å²) in [4.78, 5) is 81.9. The lowest BCUT2D eigenvalue weighted by atomic mass is 10.0. The summed E-state index contributed by atoms with van der Waals surface area (Å²) in [5, 5.41) is 8.02. The van der Waals surface area contributed by atoms with Crippen molar-refractivity contribution >= 4 is 58.1 Å². The molecule has 4 aliphatic rings.